The molecule has 0 fully saturated rings. The molecule has 1 aliphatic rings. The molecule has 1 unspecified atom stereocenters. The van der Waals surface area contributed by atoms with Crippen molar-refractivity contribution in [3.8, 4) is 0 Å². The molecule has 4 nitrogen and oxygen atoms in total. The van der Waals surface area contributed by atoms with E-state index in [2.05, 4.69) is 10.2 Å². The summed E-state index contributed by atoms with van der Waals surface area (Å²) in [5.74, 6) is 0. The fourth-order valence-corrected chi connectivity index (χ4v) is 4.40. The van der Waals surface area contributed by atoms with Crippen molar-refractivity contribution in [3.63, 3.8) is 0 Å². The van der Waals surface area contributed by atoms with Gasteiger partial charge in [0.1, 0.15) is 10.1 Å². The fourth-order valence-electron chi connectivity index (χ4n) is 0.743. The zero-order valence-electron chi connectivity index (χ0n) is 6.78. The van der Waals surface area contributed by atoms with E-state index in [-0.39, 0.29) is 5.04 Å². The summed E-state index contributed by atoms with van der Waals surface area (Å²) in [7, 11) is -3.48. The zero-order valence-corrected chi connectivity index (χ0v) is 9.93. The number of nitrogens with zero attached hydrogens (tertiary/aromatic N) is 2. The van der Waals surface area contributed by atoms with E-state index in [4.69, 9.17) is 23.2 Å². The Bertz CT molecular complexity index is 422. The Morgan fingerprint density at radius 1 is 1.38 bits per heavy atom. The number of hydrogen-bond acceptors (Lipinski definition) is 4. The third-order valence-electron chi connectivity index (χ3n) is 1.24. The average molecular weight is 261 g/mol. The Labute approximate surface area is 88.8 Å². The van der Waals surface area contributed by atoms with Crippen LogP contribution in [0.15, 0.2) is 10.2 Å². The van der Waals surface area contributed by atoms with Crippen molar-refractivity contribution in [2.75, 3.05) is 0 Å². The highest BCUT2D eigenvalue weighted by atomic mass is 35.5. The minimum absolute atomic E-state index is 0.182. The van der Waals surface area contributed by atoms with Gasteiger partial charge in [0.05, 0.1) is 0 Å². The fraction of sp³-hybridized carbons (Fsp3) is 0.600. The lowest BCUT2D eigenvalue weighted by atomic mass is 10.5. The molecule has 0 saturated heterocycles. The molecule has 1 atom stereocenters. The van der Waals surface area contributed by atoms with Crippen molar-refractivity contribution in [1.82, 2.24) is 0 Å². The number of alkyl halides is 2. The van der Waals surface area contributed by atoms with Crippen LogP contribution in [-0.4, -0.2) is 22.8 Å². The Morgan fingerprint density at radius 2 is 1.92 bits per heavy atom. The molecule has 0 aromatic rings. The second-order valence-corrected chi connectivity index (χ2v) is 7.83. The first-order valence-electron chi connectivity index (χ1n) is 3.18. The van der Waals surface area contributed by atoms with E-state index in [1.807, 2.05) is 0 Å². The second kappa shape index (κ2) is 3.68. The maximum Gasteiger partial charge on any atom is 0.252 e. The van der Waals surface area contributed by atoms with Crippen LogP contribution in [0.1, 0.15) is 13.8 Å². The summed E-state index contributed by atoms with van der Waals surface area (Å²) in [5, 5.41) is 7.89. The van der Waals surface area contributed by atoms with Crippen molar-refractivity contribution < 1.29 is 8.42 Å². The van der Waals surface area contributed by atoms with Gasteiger partial charge in [0.25, 0.3) is 9.26 Å². The molecule has 0 aromatic carbocycles. The van der Waals surface area contributed by atoms with E-state index in [9.17, 15) is 8.42 Å². The largest absolute Gasteiger partial charge is 0.252 e. The lowest BCUT2D eigenvalue weighted by molar-refractivity contribution is 0.628. The van der Waals surface area contributed by atoms with Crippen LogP contribution in [-0.2, 0) is 18.7 Å². The topological polar surface area (TPSA) is 58.9 Å². The first-order chi connectivity index (χ1) is 5.84. The molecule has 0 aliphatic carbocycles. The molecular weight excluding hydrogens is 255 g/mol. The van der Waals surface area contributed by atoms with Crippen molar-refractivity contribution in [3.05, 3.63) is 0 Å². The quantitative estimate of drug-likeness (QED) is 0.669. The number of halogens is 2. The van der Waals surface area contributed by atoms with Gasteiger partial charge in [0.15, 0.2) is 4.33 Å². The molecule has 0 aromatic heterocycles. The molecule has 1 rings (SSSR count). The predicted octanol–water partition coefficient (Wildman–Crippen LogP) is 1.34. The SMILES string of the molecule is CC1=NN=C(C(C)(Cl)Cl)S1=S(=O)=O. The van der Waals surface area contributed by atoms with Gasteiger partial charge in [0.2, 0.25) is 0 Å². The summed E-state index contributed by atoms with van der Waals surface area (Å²) in [6.07, 6.45) is 0. The highest BCUT2D eigenvalue weighted by Crippen LogP contribution is 2.27. The van der Waals surface area contributed by atoms with E-state index in [1.54, 1.807) is 6.92 Å². The minimum Gasteiger partial charge on any atom is -0.177 e. The molecule has 1 aliphatic heterocycles. The average Bonchev–Trinajstić information content (AvgIpc) is 2.28. The zero-order chi connectivity index (χ0) is 10.2. The van der Waals surface area contributed by atoms with Crippen LogP contribution >= 0.6 is 23.2 Å². The van der Waals surface area contributed by atoms with Gasteiger partial charge >= 0.3 is 0 Å². The van der Waals surface area contributed by atoms with Crippen LogP contribution in [0.25, 0.3) is 0 Å². The molecule has 74 valence electrons. The summed E-state index contributed by atoms with van der Waals surface area (Å²) >= 11 is 11.5. The highest BCUT2D eigenvalue weighted by molar-refractivity contribution is 8.49. The molecule has 0 saturated carbocycles. The van der Waals surface area contributed by atoms with Gasteiger partial charge in [-0.1, -0.05) is 23.2 Å². The maximum atomic E-state index is 10.8. The molecule has 0 N–H and O–H groups in total. The Morgan fingerprint density at radius 3 is 2.23 bits per heavy atom. The normalized spacial score (nSPS) is 22.6. The van der Waals surface area contributed by atoms with Crippen LogP contribution in [0.4, 0.5) is 0 Å². The van der Waals surface area contributed by atoms with Crippen LogP contribution in [0.3, 0.4) is 0 Å². The minimum atomic E-state index is -2.30. The van der Waals surface area contributed by atoms with Crippen LogP contribution in [0, 0.1) is 0 Å². The maximum absolute atomic E-state index is 10.8. The van der Waals surface area contributed by atoms with E-state index in [1.165, 1.54) is 6.92 Å². The smallest absolute Gasteiger partial charge is 0.177 e. The summed E-state index contributed by atoms with van der Waals surface area (Å²) in [4.78, 5) is 0. The highest BCUT2D eigenvalue weighted by Gasteiger charge is 2.33. The van der Waals surface area contributed by atoms with Gasteiger partial charge in [-0.05, 0) is 13.8 Å². The number of hydrogen-bond donors (Lipinski definition) is 0. The first-order valence-corrected chi connectivity index (χ1v) is 6.76. The van der Waals surface area contributed by atoms with Crippen molar-refractivity contribution in [2.24, 2.45) is 10.2 Å². The Balaban J connectivity index is 3.32. The van der Waals surface area contributed by atoms with Crippen molar-refractivity contribution in [2.45, 2.75) is 18.2 Å². The van der Waals surface area contributed by atoms with Gasteiger partial charge in [-0.15, -0.1) is 10.2 Å². The van der Waals surface area contributed by atoms with Crippen molar-refractivity contribution in [1.29, 1.82) is 0 Å². The molecule has 13 heavy (non-hydrogen) atoms. The van der Waals surface area contributed by atoms with Gasteiger partial charge in [-0.2, -0.15) is 8.42 Å². The summed E-state index contributed by atoms with van der Waals surface area (Å²) in [6, 6.07) is 0. The molecule has 0 bridgehead atoms. The molecule has 0 radical (unpaired) electrons. The molecule has 8 heteroatoms. The molecule has 0 spiro atoms. The monoisotopic (exact) mass is 260 g/mol. The lowest BCUT2D eigenvalue weighted by Gasteiger charge is -2.11. The van der Waals surface area contributed by atoms with Gasteiger partial charge in [-0.25, -0.2) is 0 Å². The van der Waals surface area contributed by atoms with E-state index < -0.39 is 23.1 Å². The standard InChI is InChI=1S/C5H6Cl2N2O2S2/c1-3-8-9-4(5(2,6)7)12(3)13(10)11/h1-2H3. The second-order valence-electron chi connectivity index (χ2n) is 2.39. The molecule has 0 amide bonds. The van der Waals surface area contributed by atoms with Gasteiger partial charge in [0, 0.05) is 9.45 Å². The third-order valence-corrected chi connectivity index (χ3v) is 5.56. The van der Waals surface area contributed by atoms with Crippen molar-refractivity contribution >= 4 is 52.0 Å². The summed E-state index contributed by atoms with van der Waals surface area (Å²) < 4.78 is 20.3. The first kappa shape index (κ1) is 11.2. The molecule has 1 heterocycles. The van der Waals surface area contributed by atoms with Crippen LogP contribution in [0.2, 0.25) is 0 Å². The van der Waals surface area contributed by atoms with E-state index in [0.29, 0.717) is 5.04 Å². The Kier molecular flexibility index (Phi) is 3.16. The van der Waals surface area contributed by atoms with Gasteiger partial charge < -0.3 is 0 Å². The van der Waals surface area contributed by atoms with E-state index >= 15 is 0 Å². The summed E-state index contributed by atoms with van der Waals surface area (Å²) in [6.45, 7) is 3.05. The Hall–Kier alpha value is 0.0900. The summed E-state index contributed by atoms with van der Waals surface area (Å²) in [5.41, 5.74) is 0. The number of rotatable bonds is 1. The predicted molar refractivity (Wildman–Crippen MR) is 56.9 cm³/mol. The van der Waals surface area contributed by atoms with E-state index in [0.717, 1.165) is 0 Å². The third kappa shape index (κ3) is 2.31. The van der Waals surface area contributed by atoms with Gasteiger partial charge in [-0.3, -0.25) is 0 Å². The molecular formula is C5H6Cl2N2O2S2. The lowest BCUT2D eigenvalue weighted by Crippen LogP contribution is -2.26. The van der Waals surface area contributed by atoms with Crippen LogP contribution < -0.4 is 0 Å². The van der Waals surface area contributed by atoms with Crippen LogP contribution in [0.5, 0.6) is 0 Å².